The maximum atomic E-state index is 12.0. The molecule has 5 nitrogen and oxygen atoms in total. The van der Waals surface area contributed by atoms with Gasteiger partial charge in [0.2, 0.25) is 10.0 Å². The number of unbranched alkanes of at least 4 members (excludes halogenated alkanes) is 1. The van der Waals surface area contributed by atoms with Crippen molar-refractivity contribution >= 4 is 33.2 Å². The summed E-state index contributed by atoms with van der Waals surface area (Å²) in [6, 6.07) is 4.95. The van der Waals surface area contributed by atoms with Gasteiger partial charge in [0.05, 0.1) is 11.4 Å². The van der Waals surface area contributed by atoms with Gasteiger partial charge in [-0.1, -0.05) is 6.07 Å². The first-order valence-electron chi connectivity index (χ1n) is 6.85. The van der Waals surface area contributed by atoms with Gasteiger partial charge in [0, 0.05) is 18.0 Å². The van der Waals surface area contributed by atoms with Crippen molar-refractivity contribution in [2.45, 2.75) is 26.7 Å². The van der Waals surface area contributed by atoms with Crippen LogP contribution in [0.15, 0.2) is 18.2 Å². The number of nitrogens with one attached hydrogen (secondary N) is 2. The predicted molar refractivity (Wildman–Crippen MR) is 86.5 cm³/mol. The molecule has 0 atom stereocenters. The molecule has 118 valence electrons. The number of amides is 1. The SMILES string of the molecule is CCNC(=O)c1ccc(C)c(NS(=O)(=O)CCCCCl)c1. The number of sulfonamides is 1. The van der Waals surface area contributed by atoms with Gasteiger partial charge in [-0.3, -0.25) is 9.52 Å². The van der Waals surface area contributed by atoms with Crippen LogP contribution in [-0.2, 0) is 10.0 Å². The van der Waals surface area contributed by atoms with Gasteiger partial charge >= 0.3 is 0 Å². The van der Waals surface area contributed by atoms with E-state index in [2.05, 4.69) is 10.0 Å². The van der Waals surface area contributed by atoms with Crippen molar-refractivity contribution < 1.29 is 13.2 Å². The van der Waals surface area contributed by atoms with E-state index >= 15 is 0 Å². The fraction of sp³-hybridized carbons (Fsp3) is 0.500. The summed E-state index contributed by atoms with van der Waals surface area (Å²) in [6.45, 7) is 4.14. The molecule has 0 aliphatic heterocycles. The van der Waals surface area contributed by atoms with Crippen molar-refractivity contribution in [1.82, 2.24) is 5.32 Å². The van der Waals surface area contributed by atoms with Gasteiger partial charge in [0.15, 0.2) is 0 Å². The van der Waals surface area contributed by atoms with Crippen molar-refractivity contribution in [3.05, 3.63) is 29.3 Å². The third-order valence-corrected chi connectivity index (χ3v) is 4.52. The number of rotatable bonds is 8. The summed E-state index contributed by atoms with van der Waals surface area (Å²) in [6.07, 6.45) is 1.16. The zero-order valence-corrected chi connectivity index (χ0v) is 13.9. The fourth-order valence-electron chi connectivity index (χ4n) is 1.74. The van der Waals surface area contributed by atoms with Gasteiger partial charge in [-0.25, -0.2) is 8.42 Å². The van der Waals surface area contributed by atoms with Gasteiger partial charge in [0.25, 0.3) is 5.91 Å². The van der Waals surface area contributed by atoms with Crippen molar-refractivity contribution in [3.63, 3.8) is 0 Å². The van der Waals surface area contributed by atoms with E-state index in [0.29, 0.717) is 36.5 Å². The Morgan fingerprint density at radius 3 is 2.62 bits per heavy atom. The van der Waals surface area contributed by atoms with Gasteiger partial charge in [0.1, 0.15) is 0 Å². The molecule has 7 heteroatoms. The lowest BCUT2D eigenvalue weighted by atomic mass is 10.1. The van der Waals surface area contributed by atoms with Crippen molar-refractivity contribution in [3.8, 4) is 0 Å². The number of carbonyl (C=O) groups excluding carboxylic acids is 1. The Bertz CT molecular complexity index is 588. The molecule has 0 saturated heterocycles. The van der Waals surface area contributed by atoms with E-state index < -0.39 is 10.0 Å². The molecule has 1 aromatic rings. The second-order valence-corrected chi connectivity index (χ2v) is 6.93. The molecule has 1 amide bonds. The first kappa shape index (κ1) is 17.8. The Labute approximate surface area is 131 Å². The molecule has 0 heterocycles. The zero-order chi connectivity index (χ0) is 15.9. The van der Waals surface area contributed by atoms with E-state index in [1.54, 1.807) is 25.1 Å². The summed E-state index contributed by atoms with van der Waals surface area (Å²) < 4.78 is 26.5. The summed E-state index contributed by atoms with van der Waals surface area (Å²) in [5.41, 5.74) is 1.63. The number of anilines is 1. The molecule has 2 N–H and O–H groups in total. The predicted octanol–water partition coefficient (Wildman–Crippen LogP) is 2.51. The smallest absolute Gasteiger partial charge is 0.251 e. The molecule has 0 aliphatic rings. The molecule has 0 saturated carbocycles. The van der Waals surface area contributed by atoms with Crippen LogP contribution in [0.3, 0.4) is 0 Å². The summed E-state index contributed by atoms with van der Waals surface area (Å²) in [5, 5.41) is 2.68. The second-order valence-electron chi connectivity index (χ2n) is 4.71. The average molecular weight is 333 g/mol. The topological polar surface area (TPSA) is 75.3 Å². The highest BCUT2D eigenvalue weighted by Gasteiger charge is 2.13. The lowest BCUT2D eigenvalue weighted by Crippen LogP contribution is -2.23. The van der Waals surface area contributed by atoms with Crippen LogP contribution in [-0.4, -0.2) is 32.5 Å². The number of aryl methyl sites for hydroxylation is 1. The quantitative estimate of drug-likeness (QED) is 0.567. The largest absolute Gasteiger partial charge is 0.352 e. The minimum absolute atomic E-state index is 0.0184. The molecular weight excluding hydrogens is 312 g/mol. The van der Waals surface area contributed by atoms with E-state index in [9.17, 15) is 13.2 Å². The third kappa shape index (κ3) is 5.93. The van der Waals surface area contributed by atoms with Crippen LogP contribution in [0.25, 0.3) is 0 Å². The van der Waals surface area contributed by atoms with Crippen LogP contribution in [0.4, 0.5) is 5.69 Å². The maximum Gasteiger partial charge on any atom is 0.251 e. The monoisotopic (exact) mass is 332 g/mol. The van der Waals surface area contributed by atoms with E-state index in [-0.39, 0.29) is 11.7 Å². The minimum Gasteiger partial charge on any atom is -0.352 e. The molecule has 0 fully saturated rings. The lowest BCUT2D eigenvalue weighted by molar-refractivity contribution is 0.0956. The van der Waals surface area contributed by atoms with Gasteiger partial charge in [-0.2, -0.15) is 0 Å². The second kappa shape index (κ2) is 8.24. The molecule has 0 aliphatic carbocycles. The van der Waals surface area contributed by atoms with E-state index in [1.807, 2.05) is 6.92 Å². The number of hydrogen-bond acceptors (Lipinski definition) is 3. The van der Waals surface area contributed by atoms with Gasteiger partial charge in [-0.05, 0) is 44.4 Å². The molecule has 1 rings (SSSR count). The Balaban J connectivity index is 2.87. The first-order valence-corrected chi connectivity index (χ1v) is 9.03. The van der Waals surface area contributed by atoms with Crippen LogP contribution in [0, 0.1) is 6.92 Å². The van der Waals surface area contributed by atoms with Crippen LogP contribution in [0.1, 0.15) is 35.7 Å². The number of hydrogen-bond donors (Lipinski definition) is 2. The van der Waals surface area contributed by atoms with Crippen LogP contribution < -0.4 is 10.0 Å². The standard InChI is InChI=1S/C14H21ClN2O3S/c1-3-16-14(18)12-7-6-11(2)13(10-12)17-21(19,20)9-5-4-8-15/h6-7,10,17H,3-5,8-9H2,1-2H3,(H,16,18). The van der Waals surface area contributed by atoms with E-state index in [0.717, 1.165) is 5.56 Å². The lowest BCUT2D eigenvalue weighted by Gasteiger charge is -2.12. The van der Waals surface area contributed by atoms with Crippen molar-refractivity contribution in [2.75, 3.05) is 22.9 Å². The van der Waals surface area contributed by atoms with Gasteiger partial charge < -0.3 is 5.32 Å². The molecule has 0 aromatic heterocycles. The highest BCUT2D eigenvalue weighted by molar-refractivity contribution is 7.92. The number of halogens is 1. The van der Waals surface area contributed by atoms with Crippen LogP contribution in [0.2, 0.25) is 0 Å². The summed E-state index contributed by atoms with van der Waals surface area (Å²) in [7, 11) is -3.42. The molecule has 21 heavy (non-hydrogen) atoms. The van der Waals surface area contributed by atoms with Crippen molar-refractivity contribution in [1.29, 1.82) is 0 Å². The number of benzene rings is 1. The maximum absolute atomic E-state index is 12.0. The Morgan fingerprint density at radius 2 is 2.00 bits per heavy atom. The average Bonchev–Trinajstić information content (AvgIpc) is 2.41. The van der Waals surface area contributed by atoms with E-state index in [1.165, 1.54) is 0 Å². The first-order chi connectivity index (χ1) is 9.89. The van der Waals surface area contributed by atoms with Crippen LogP contribution >= 0.6 is 11.6 Å². The van der Waals surface area contributed by atoms with Crippen molar-refractivity contribution in [2.24, 2.45) is 0 Å². The molecule has 1 aromatic carbocycles. The minimum atomic E-state index is -3.42. The summed E-state index contributed by atoms with van der Waals surface area (Å²) in [4.78, 5) is 11.8. The molecule has 0 bridgehead atoms. The Hall–Kier alpha value is -1.27. The summed E-state index contributed by atoms with van der Waals surface area (Å²) in [5.74, 6) is 0.242. The zero-order valence-electron chi connectivity index (χ0n) is 12.3. The Kier molecular flexibility index (Phi) is 6.98. The summed E-state index contributed by atoms with van der Waals surface area (Å²) >= 11 is 5.54. The van der Waals surface area contributed by atoms with Crippen LogP contribution in [0.5, 0.6) is 0 Å². The molecule has 0 unspecified atom stereocenters. The Morgan fingerprint density at radius 1 is 1.29 bits per heavy atom. The molecule has 0 radical (unpaired) electrons. The number of carbonyl (C=O) groups is 1. The highest BCUT2D eigenvalue weighted by Crippen LogP contribution is 2.19. The molecular formula is C14H21ClN2O3S. The van der Waals surface area contributed by atoms with E-state index in [4.69, 9.17) is 11.6 Å². The third-order valence-electron chi connectivity index (χ3n) is 2.90. The fourth-order valence-corrected chi connectivity index (χ4v) is 3.17. The highest BCUT2D eigenvalue weighted by atomic mass is 35.5. The van der Waals surface area contributed by atoms with Gasteiger partial charge in [-0.15, -0.1) is 11.6 Å². The normalized spacial score (nSPS) is 11.2. The molecule has 0 spiro atoms. The number of alkyl halides is 1.